The lowest BCUT2D eigenvalue weighted by molar-refractivity contribution is 0.883. The summed E-state index contributed by atoms with van der Waals surface area (Å²) in [7, 11) is 0.977. The molecule has 0 spiro atoms. The molecular formula is C4H9BrSi. The van der Waals surface area contributed by atoms with Gasteiger partial charge in [0, 0.05) is 0 Å². The molecule has 0 aliphatic rings. The van der Waals surface area contributed by atoms with Gasteiger partial charge in [-0.2, -0.15) is 0 Å². The first-order valence-electron chi connectivity index (χ1n) is 2.25. The van der Waals surface area contributed by atoms with E-state index in [0.29, 0.717) is 0 Å². The van der Waals surface area contributed by atoms with Gasteiger partial charge in [-0.1, -0.05) is 25.8 Å². The lowest BCUT2D eigenvalue weighted by Gasteiger charge is -1.83. The van der Waals surface area contributed by atoms with Crippen LogP contribution in [0.25, 0.3) is 0 Å². The molecule has 0 N–H and O–H groups in total. The minimum Gasteiger partial charge on any atom is -0.131 e. The van der Waals surface area contributed by atoms with Crippen molar-refractivity contribution in [2.75, 3.05) is 0 Å². The van der Waals surface area contributed by atoms with Gasteiger partial charge in [0.25, 0.3) is 0 Å². The highest BCUT2D eigenvalue weighted by Crippen LogP contribution is 1.94. The van der Waals surface area contributed by atoms with Crippen LogP contribution >= 0.6 is 15.3 Å². The molecule has 0 saturated carbocycles. The van der Waals surface area contributed by atoms with Gasteiger partial charge in [0.1, 0.15) is 8.14 Å². The average Bonchev–Trinajstić information content (AvgIpc) is 1.61. The van der Waals surface area contributed by atoms with Gasteiger partial charge in [-0.3, -0.25) is 0 Å². The summed E-state index contributed by atoms with van der Waals surface area (Å²) in [4.78, 5) is 0. The van der Waals surface area contributed by atoms with Crippen molar-refractivity contribution in [1.82, 2.24) is 0 Å². The first-order valence-corrected chi connectivity index (χ1v) is 5.71. The number of hydrogen-bond acceptors (Lipinski definition) is 0. The second kappa shape index (κ2) is 5.70. The van der Waals surface area contributed by atoms with Crippen LogP contribution in [0.15, 0.2) is 0 Å². The van der Waals surface area contributed by atoms with E-state index in [1.54, 1.807) is 0 Å². The van der Waals surface area contributed by atoms with Crippen LogP contribution in [0, 0.1) is 0 Å². The minimum absolute atomic E-state index is 0.977. The van der Waals surface area contributed by atoms with Crippen molar-refractivity contribution in [1.29, 1.82) is 0 Å². The highest BCUT2D eigenvalue weighted by atomic mass is 79.9. The van der Waals surface area contributed by atoms with Crippen molar-refractivity contribution in [2.24, 2.45) is 0 Å². The predicted molar refractivity (Wildman–Crippen MR) is 34.4 cm³/mol. The minimum atomic E-state index is 0.977. The topological polar surface area (TPSA) is 0 Å². The van der Waals surface area contributed by atoms with Crippen LogP contribution in [0.5, 0.6) is 0 Å². The van der Waals surface area contributed by atoms with E-state index in [9.17, 15) is 0 Å². The Kier molecular flexibility index (Phi) is 6.36. The maximum Gasteiger partial charge on any atom is 0.137 e. The summed E-state index contributed by atoms with van der Waals surface area (Å²) in [6.45, 7) is 2.22. The summed E-state index contributed by atoms with van der Waals surface area (Å²) in [5.74, 6) is 0. The Labute approximate surface area is 49.7 Å². The molecule has 0 aromatic carbocycles. The molecule has 0 atom stereocenters. The lowest BCUT2D eigenvalue weighted by Crippen LogP contribution is -1.72. The Morgan fingerprint density at radius 3 is 2.50 bits per heavy atom. The van der Waals surface area contributed by atoms with Crippen molar-refractivity contribution < 1.29 is 0 Å². The molecule has 0 aromatic rings. The number of rotatable bonds is 3. The standard InChI is InChI=1S/C4H9BrSi/c1-2-3-4-6-5/h2-4H2,1H3. The Bertz CT molecular complexity index is 19.5. The van der Waals surface area contributed by atoms with Gasteiger partial charge in [0.15, 0.2) is 0 Å². The summed E-state index contributed by atoms with van der Waals surface area (Å²) >= 11 is 3.38. The number of hydrogen-bond donors (Lipinski definition) is 0. The molecule has 6 heavy (non-hydrogen) atoms. The maximum atomic E-state index is 3.38. The third-order valence-electron chi connectivity index (χ3n) is 0.625. The lowest BCUT2D eigenvalue weighted by atomic mass is 10.4. The molecule has 0 nitrogen and oxygen atoms in total. The van der Waals surface area contributed by atoms with Gasteiger partial charge in [-0.25, -0.2) is 0 Å². The van der Waals surface area contributed by atoms with Gasteiger partial charge in [0.2, 0.25) is 0 Å². The largest absolute Gasteiger partial charge is 0.137 e. The molecule has 0 heterocycles. The fourth-order valence-electron chi connectivity index (χ4n) is 0.244. The SMILES string of the molecule is CCCC[Si]Br. The third-order valence-corrected chi connectivity index (χ3v) is 2.36. The molecule has 0 amide bonds. The van der Waals surface area contributed by atoms with E-state index in [1.807, 2.05) is 0 Å². The van der Waals surface area contributed by atoms with Gasteiger partial charge in [-0.15, -0.1) is 15.3 Å². The third kappa shape index (κ3) is 4.70. The van der Waals surface area contributed by atoms with E-state index in [2.05, 4.69) is 22.2 Å². The van der Waals surface area contributed by atoms with Crippen LogP contribution in [0.1, 0.15) is 19.8 Å². The highest BCUT2D eigenvalue weighted by Gasteiger charge is 1.78. The quantitative estimate of drug-likeness (QED) is 0.341. The molecule has 0 rings (SSSR count). The molecule has 0 bridgehead atoms. The monoisotopic (exact) mass is 164 g/mol. The smallest absolute Gasteiger partial charge is 0.131 e. The maximum absolute atomic E-state index is 3.38. The fraction of sp³-hybridized carbons (Fsp3) is 1.00. The summed E-state index contributed by atoms with van der Waals surface area (Å²) in [6.07, 6.45) is 2.71. The van der Waals surface area contributed by atoms with E-state index >= 15 is 0 Å². The molecular weight excluding hydrogens is 156 g/mol. The molecule has 2 radical (unpaired) electrons. The number of halogens is 1. The molecule has 0 aliphatic carbocycles. The fourth-order valence-corrected chi connectivity index (χ4v) is 1.57. The molecule has 0 saturated heterocycles. The predicted octanol–water partition coefficient (Wildman–Crippen LogP) is 2.22. The molecule has 36 valence electrons. The Morgan fingerprint density at radius 1 is 1.67 bits per heavy atom. The van der Waals surface area contributed by atoms with E-state index < -0.39 is 0 Å². The van der Waals surface area contributed by atoms with Crippen LogP contribution in [0.4, 0.5) is 0 Å². The van der Waals surface area contributed by atoms with Crippen molar-refractivity contribution in [3.63, 3.8) is 0 Å². The zero-order valence-electron chi connectivity index (χ0n) is 4.00. The first kappa shape index (κ1) is 6.70. The Balaban J connectivity index is 2.34. The summed E-state index contributed by atoms with van der Waals surface area (Å²) in [5.41, 5.74) is 0. The molecule has 0 unspecified atom stereocenters. The van der Waals surface area contributed by atoms with Gasteiger partial charge >= 0.3 is 0 Å². The summed E-state index contributed by atoms with van der Waals surface area (Å²) in [5, 5.41) is 0. The Morgan fingerprint density at radius 2 is 2.33 bits per heavy atom. The van der Waals surface area contributed by atoms with Crippen LogP contribution < -0.4 is 0 Å². The highest BCUT2D eigenvalue weighted by molar-refractivity contribution is 9.23. The number of unbranched alkanes of at least 4 members (excludes halogenated alkanes) is 1. The first-order chi connectivity index (χ1) is 2.91. The summed E-state index contributed by atoms with van der Waals surface area (Å²) < 4.78 is 0. The van der Waals surface area contributed by atoms with E-state index in [0.717, 1.165) is 8.14 Å². The van der Waals surface area contributed by atoms with Crippen molar-refractivity contribution in [3.8, 4) is 0 Å². The van der Waals surface area contributed by atoms with E-state index in [4.69, 9.17) is 0 Å². The van der Waals surface area contributed by atoms with Gasteiger partial charge in [0.05, 0.1) is 0 Å². The van der Waals surface area contributed by atoms with Gasteiger partial charge in [-0.05, 0) is 0 Å². The molecule has 0 fully saturated rings. The van der Waals surface area contributed by atoms with Crippen LogP contribution in [-0.2, 0) is 0 Å². The molecule has 0 aromatic heterocycles. The van der Waals surface area contributed by atoms with Crippen molar-refractivity contribution in [2.45, 2.75) is 25.8 Å². The normalized spacial score (nSPS) is 9.00. The zero-order chi connectivity index (χ0) is 4.83. The van der Waals surface area contributed by atoms with Crippen molar-refractivity contribution >= 4 is 23.4 Å². The van der Waals surface area contributed by atoms with Crippen molar-refractivity contribution in [3.05, 3.63) is 0 Å². The molecule has 2 heteroatoms. The van der Waals surface area contributed by atoms with E-state index in [1.165, 1.54) is 18.9 Å². The van der Waals surface area contributed by atoms with E-state index in [-0.39, 0.29) is 0 Å². The van der Waals surface area contributed by atoms with Gasteiger partial charge < -0.3 is 0 Å². The van der Waals surface area contributed by atoms with Crippen LogP contribution in [0.2, 0.25) is 6.04 Å². The van der Waals surface area contributed by atoms with Crippen LogP contribution in [0.3, 0.4) is 0 Å². The average molecular weight is 165 g/mol. The second-order valence-corrected chi connectivity index (χ2v) is 3.69. The van der Waals surface area contributed by atoms with Crippen LogP contribution in [-0.4, -0.2) is 8.14 Å². The Hall–Kier alpha value is 0.697. The second-order valence-electron chi connectivity index (χ2n) is 1.24. The zero-order valence-corrected chi connectivity index (χ0v) is 6.59. The summed E-state index contributed by atoms with van der Waals surface area (Å²) in [6, 6.07) is 1.36. The molecule has 0 aliphatic heterocycles.